The average Bonchev–Trinajstić information content (AvgIpc) is 2.94. The van der Waals surface area contributed by atoms with Gasteiger partial charge in [0.15, 0.2) is 23.7 Å². The zero-order valence-electron chi connectivity index (χ0n) is 22.1. The first-order chi connectivity index (χ1) is 19.0. The van der Waals surface area contributed by atoms with Crippen molar-refractivity contribution in [1.29, 1.82) is 0 Å². The van der Waals surface area contributed by atoms with Crippen LogP contribution in [0, 0.1) is 0 Å². The Morgan fingerprint density at radius 3 is 1.59 bits per heavy atom. The second kappa shape index (κ2) is 15.2. The summed E-state index contributed by atoms with van der Waals surface area (Å²) in [6, 6.07) is 18.8. The van der Waals surface area contributed by atoms with Crippen LogP contribution in [-0.4, -0.2) is 53.2 Å². The van der Waals surface area contributed by atoms with Gasteiger partial charge in [-0.05, 0) is 62.2 Å². The summed E-state index contributed by atoms with van der Waals surface area (Å²) >= 11 is 0. The normalized spacial score (nSPS) is 12.5. The number of halogens is 1. The number of esters is 4. The Hall–Kier alpha value is -4.74. The number of carbonyl (C=O) groups excluding carboxylic acids is 4. The number of rotatable bonds is 11. The van der Waals surface area contributed by atoms with Crippen molar-refractivity contribution < 1.29 is 48.0 Å². The molecule has 11 nitrogen and oxygen atoms in total. The molecule has 41 heavy (non-hydrogen) atoms. The molecule has 3 rings (SSSR count). The molecule has 3 aromatic carbocycles. The molecular weight excluding hydrogens is 558 g/mol. The van der Waals surface area contributed by atoms with Crippen LogP contribution in [-0.2, 0) is 30.3 Å². The van der Waals surface area contributed by atoms with Crippen LogP contribution in [0.1, 0.15) is 40.1 Å². The van der Waals surface area contributed by atoms with Gasteiger partial charge >= 0.3 is 29.8 Å². The summed E-state index contributed by atoms with van der Waals surface area (Å²) in [6.45, 7) is 2.60. The van der Waals surface area contributed by atoms with Gasteiger partial charge in [-0.2, -0.15) is 0 Å². The maximum Gasteiger partial charge on any atom is 0.352 e. The average molecular weight is 586 g/mol. The van der Waals surface area contributed by atoms with Gasteiger partial charge in [0.2, 0.25) is 0 Å². The summed E-state index contributed by atoms with van der Waals surface area (Å²) in [5, 5.41) is 9.13. The number of aliphatic carboxylic acids is 1. The van der Waals surface area contributed by atoms with Crippen molar-refractivity contribution in [3.05, 3.63) is 95.6 Å². The Morgan fingerprint density at radius 1 is 0.707 bits per heavy atom. The summed E-state index contributed by atoms with van der Waals surface area (Å²) in [6.07, 6.45) is -2.81. The standard InChI is InChI=1S/C29H27NO10.ClH/c1-17(37-28(35)20-9-5-3-6-10-20)26(33)39-23-14-13-19(15-22(30)25(31)32)16-24(23)40-27(34)18(2)38-29(36)21-11-7-4-8-12-21;/h3-14,16-18,22H,15,30H2,1-2H3,(H,31,32);1H/t17-,18-,22+;/m1./s1. The van der Waals surface area contributed by atoms with Gasteiger partial charge in [-0.15, -0.1) is 12.4 Å². The second-order valence-corrected chi connectivity index (χ2v) is 8.60. The van der Waals surface area contributed by atoms with Gasteiger partial charge in [0.1, 0.15) is 6.04 Å². The zero-order chi connectivity index (χ0) is 29.2. The van der Waals surface area contributed by atoms with E-state index in [4.69, 9.17) is 29.8 Å². The first kappa shape index (κ1) is 32.5. The van der Waals surface area contributed by atoms with E-state index in [2.05, 4.69) is 0 Å². The molecule has 0 radical (unpaired) electrons. The molecule has 0 saturated heterocycles. The maximum absolute atomic E-state index is 12.8. The largest absolute Gasteiger partial charge is 0.480 e. The van der Waals surface area contributed by atoms with Crippen molar-refractivity contribution in [3.63, 3.8) is 0 Å². The molecule has 0 spiro atoms. The highest BCUT2D eigenvalue weighted by atomic mass is 35.5. The van der Waals surface area contributed by atoms with Crippen molar-refractivity contribution in [2.75, 3.05) is 0 Å². The smallest absolute Gasteiger partial charge is 0.352 e. The lowest BCUT2D eigenvalue weighted by molar-refractivity contribution is -0.145. The molecule has 0 heterocycles. The fourth-order valence-electron chi connectivity index (χ4n) is 3.27. The van der Waals surface area contributed by atoms with Gasteiger partial charge in [-0.3, -0.25) is 4.79 Å². The van der Waals surface area contributed by atoms with Gasteiger partial charge in [-0.1, -0.05) is 42.5 Å². The summed E-state index contributed by atoms with van der Waals surface area (Å²) < 4.78 is 21.0. The molecule has 0 amide bonds. The fraction of sp³-hybridized carbons (Fsp3) is 0.207. The van der Waals surface area contributed by atoms with Crippen LogP contribution in [0.25, 0.3) is 0 Å². The molecule has 12 heteroatoms. The van der Waals surface area contributed by atoms with Crippen molar-refractivity contribution >= 4 is 42.3 Å². The van der Waals surface area contributed by atoms with Crippen LogP contribution < -0.4 is 15.2 Å². The number of benzene rings is 3. The third-order valence-corrected chi connectivity index (χ3v) is 5.45. The van der Waals surface area contributed by atoms with Crippen molar-refractivity contribution in [3.8, 4) is 11.5 Å². The van der Waals surface area contributed by atoms with Gasteiger partial charge in [0.05, 0.1) is 11.1 Å². The molecule has 0 aliphatic carbocycles. The first-order valence-electron chi connectivity index (χ1n) is 12.1. The van der Waals surface area contributed by atoms with E-state index in [1.165, 1.54) is 56.3 Å². The third kappa shape index (κ3) is 9.45. The second-order valence-electron chi connectivity index (χ2n) is 8.60. The van der Waals surface area contributed by atoms with Crippen molar-refractivity contribution in [2.24, 2.45) is 5.73 Å². The van der Waals surface area contributed by atoms with Crippen LogP contribution in [0.4, 0.5) is 0 Å². The van der Waals surface area contributed by atoms with Crippen LogP contribution in [0.3, 0.4) is 0 Å². The molecule has 0 aromatic heterocycles. The lowest BCUT2D eigenvalue weighted by atomic mass is 10.1. The zero-order valence-corrected chi connectivity index (χ0v) is 22.9. The molecule has 0 aliphatic rings. The minimum Gasteiger partial charge on any atom is -0.480 e. The quantitative estimate of drug-likeness (QED) is 0.250. The first-order valence-corrected chi connectivity index (χ1v) is 12.1. The summed E-state index contributed by atoms with van der Waals surface area (Å²) in [5.41, 5.74) is 6.42. The van der Waals surface area contributed by atoms with Gasteiger partial charge < -0.3 is 29.8 Å². The highest BCUT2D eigenvalue weighted by Gasteiger charge is 2.26. The van der Waals surface area contributed by atoms with Crippen molar-refractivity contribution in [2.45, 2.75) is 38.5 Å². The number of carbonyl (C=O) groups is 5. The Morgan fingerprint density at radius 2 is 1.15 bits per heavy atom. The molecule has 0 saturated carbocycles. The highest BCUT2D eigenvalue weighted by Crippen LogP contribution is 2.30. The molecule has 3 N–H and O–H groups in total. The predicted octanol–water partition coefficient (Wildman–Crippen LogP) is 3.36. The van der Waals surface area contributed by atoms with Gasteiger partial charge in [0, 0.05) is 0 Å². The fourth-order valence-corrected chi connectivity index (χ4v) is 3.27. The highest BCUT2D eigenvalue weighted by molar-refractivity contribution is 5.92. The van der Waals surface area contributed by atoms with Crippen LogP contribution in [0.5, 0.6) is 11.5 Å². The maximum atomic E-state index is 12.8. The third-order valence-electron chi connectivity index (χ3n) is 5.45. The molecular formula is C29H28ClNO10. The lowest BCUT2D eigenvalue weighted by Crippen LogP contribution is -2.32. The van der Waals surface area contributed by atoms with E-state index >= 15 is 0 Å². The van der Waals surface area contributed by atoms with Crippen LogP contribution >= 0.6 is 12.4 Å². The van der Waals surface area contributed by atoms with Crippen LogP contribution in [0.2, 0.25) is 0 Å². The molecule has 0 bridgehead atoms. The number of hydrogen-bond donors (Lipinski definition) is 2. The van der Waals surface area contributed by atoms with E-state index in [1.807, 2.05) is 0 Å². The summed E-state index contributed by atoms with van der Waals surface area (Å²) in [4.78, 5) is 61.3. The summed E-state index contributed by atoms with van der Waals surface area (Å²) in [7, 11) is 0. The van der Waals surface area contributed by atoms with Gasteiger partial charge in [-0.25, -0.2) is 19.2 Å². The molecule has 0 unspecified atom stereocenters. The Bertz CT molecular complexity index is 1380. The Balaban J connectivity index is 0.00000588. The topological polar surface area (TPSA) is 169 Å². The van der Waals surface area contributed by atoms with E-state index in [-0.39, 0.29) is 41.5 Å². The molecule has 3 atom stereocenters. The molecule has 216 valence electrons. The Kier molecular flexibility index (Phi) is 12.0. The predicted molar refractivity (Wildman–Crippen MR) is 147 cm³/mol. The minimum absolute atomic E-state index is 0. The number of carboxylic acids is 1. The van der Waals surface area contributed by atoms with E-state index in [9.17, 15) is 24.0 Å². The lowest BCUT2D eigenvalue weighted by Gasteiger charge is -2.17. The Labute approximate surface area is 241 Å². The van der Waals surface area contributed by atoms with E-state index < -0.39 is 48.1 Å². The van der Waals surface area contributed by atoms with E-state index in [0.717, 1.165) is 0 Å². The van der Waals surface area contributed by atoms with E-state index in [0.29, 0.717) is 5.56 Å². The van der Waals surface area contributed by atoms with Crippen LogP contribution in [0.15, 0.2) is 78.9 Å². The van der Waals surface area contributed by atoms with E-state index in [1.54, 1.807) is 36.4 Å². The number of hydrogen-bond acceptors (Lipinski definition) is 10. The number of carboxylic acid groups (broad SMARTS) is 1. The number of ether oxygens (including phenoxy) is 4. The molecule has 0 fully saturated rings. The van der Waals surface area contributed by atoms with Gasteiger partial charge in [0.25, 0.3) is 0 Å². The monoisotopic (exact) mass is 585 g/mol. The van der Waals surface area contributed by atoms with Crippen molar-refractivity contribution in [1.82, 2.24) is 0 Å². The molecule has 3 aromatic rings. The minimum atomic E-state index is -1.35. The SMILES string of the molecule is C[C@@H](OC(=O)c1ccccc1)C(=O)Oc1ccc(C[C@H](N)C(=O)O)cc1OC(=O)[C@@H](C)OC(=O)c1ccccc1.Cl. The number of nitrogens with two attached hydrogens (primary N) is 1. The summed E-state index contributed by atoms with van der Waals surface area (Å²) in [5.74, 6) is -5.21. The molecule has 0 aliphatic heterocycles.